The molecular formula is C20H20N6O2. The number of nitrogens with two attached hydrogens (primary N) is 1. The maximum absolute atomic E-state index is 10.6. The van der Waals surface area contributed by atoms with Gasteiger partial charge in [-0.2, -0.15) is 4.98 Å². The fourth-order valence-electron chi connectivity index (χ4n) is 2.49. The van der Waals surface area contributed by atoms with Gasteiger partial charge in [-0.3, -0.25) is 0 Å². The van der Waals surface area contributed by atoms with Crippen molar-refractivity contribution in [1.29, 1.82) is 5.41 Å². The van der Waals surface area contributed by atoms with Gasteiger partial charge in [0, 0.05) is 34.8 Å². The monoisotopic (exact) mass is 376 g/mol. The zero-order valence-corrected chi connectivity index (χ0v) is 15.7. The molecule has 1 unspecified atom stereocenters. The minimum absolute atomic E-state index is 0.146. The van der Waals surface area contributed by atoms with Crippen LogP contribution >= 0.6 is 0 Å². The van der Waals surface area contributed by atoms with Crippen LogP contribution in [0.15, 0.2) is 41.1 Å². The first-order valence-corrected chi connectivity index (χ1v) is 8.49. The molecule has 5 N–H and O–H groups in total. The van der Waals surface area contributed by atoms with E-state index in [0.717, 1.165) is 0 Å². The van der Waals surface area contributed by atoms with Crippen molar-refractivity contribution in [3.8, 4) is 11.8 Å². The van der Waals surface area contributed by atoms with E-state index in [1.807, 2.05) is 0 Å². The smallest absolute Gasteiger partial charge is 0.221 e. The molecule has 142 valence electrons. The Morgan fingerprint density at radius 2 is 2.11 bits per heavy atom. The van der Waals surface area contributed by atoms with Gasteiger partial charge in [0.2, 0.25) is 5.95 Å². The normalized spacial score (nSPS) is 12.6. The summed E-state index contributed by atoms with van der Waals surface area (Å²) in [7, 11) is 0. The van der Waals surface area contributed by atoms with Gasteiger partial charge in [0.15, 0.2) is 5.60 Å². The van der Waals surface area contributed by atoms with E-state index in [4.69, 9.17) is 15.7 Å². The summed E-state index contributed by atoms with van der Waals surface area (Å²) in [4.78, 5) is 7.98. The van der Waals surface area contributed by atoms with Crippen molar-refractivity contribution < 1.29 is 9.63 Å². The third kappa shape index (κ3) is 4.34. The highest BCUT2D eigenvalue weighted by Crippen LogP contribution is 2.23. The SMILES string of the molecule is CC(=N)c1ccc(C#CC(C)(O)c2cc(C)on2)cc1Nc1ccnc(N)n1. The van der Waals surface area contributed by atoms with Gasteiger partial charge in [0.1, 0.15) is 17.3 Å². The van der Waals surface area contributed by atoms with Gasteiger partial charge in [-0.05, 0) is 45.0 Å². The summed E-state index contributed by atoms with van der Waals surface area (Å²) in [5, 5.41) is 25.5. The number of anilines is 3. The molecular weight excluding hydrogens is 356 g/mol. The fourth-order valence-corrected chi connectivity index (χ4v) is 2.49. The molecule has 8 nitrogen and oxygen atoms in total. The first-order chi connectivity index (χ1) is 13.2. The van der Waals surface area contributed by atoms with E-state index in [1.165, 1.54) is 0 Å². The molecule has 0 spiro atoms. The third-order valence-electron chi connectivity index (χ3n) is 3.94. The fraction of sp³-hybridized carbons (Fsp3) is 0.200. The molecule has 1 atom stereocenters. The van der Waals surface area contributed by atoms with Gasteiger partial charge in [-0.25, -0.2) is 4.98 Å². The minimum Gasteiger partial charge on any atom is -0.372 e. The Bertz CT molecular complexity index is 1090. The topological polar surface area (TPSA) is 134 Å². The number of nitrogens with zero attached hydrogens (tertiary/aromatic N) is 3. The van der Waals surface area contributed by atoms with E-state index >= 15 is 0 Å². The third-order valence-corrected chi connectivity index (χ3v) is 3.94. The highest BCUT2D eigenvalue weighted by Gasteiger charge is 2.24. The Balaban J connectivity index is 1.94. The van der Waals surface area contributed by atoms with Gasteiger partial charge in [-0.15, -0.1) is 0 Å². The molecule has 8 heteroatoms. The van der Waals surface area contributed by atoms with Crippen molar-refractivity contribution in [3.05, 3.63) is 59.1 Å². The molecule has 0 saturated heterocycles. The second-order valence-corrected chi connectivity index (χ2v) is 6.46. The molecule has 0 fully saturated rings. The summed E-state index contributed by atoms with van der Waals surface area (Å²) < 4.78 is 5.01. The van der Waals surface area contributed by atoms with Gasteiger partial charge in [0.05, 0.1) is 0 Å². The summed E-state index contributed by atoms with van der Waals surface area (Å²) in [6.45, 7) is 4.99. The largest absolute Gasteiger partial charge is 0.372 e. The lowest BCUT2D eigenvalue weighted by molar-refractivity contribution is 0.112. The Kier molecular flexibility index (Phi) is 5.11. The molecule has 28 heavy (non-hydrogen) atoms. The van der Waals surface area contributed by atoms with Crippen LogP contribution in [0.4, 0.5) is 17.5 Å². The van der Waals surface area contributed by atoms with Crippen LogP contribution in [0.2, 0.25) is 0 Å². The first kappa shape index (κ1) is 19.1. The van der Waals surface area contributed by atoms with E-state index in [0.29, 0.717) is 39.8 Å². The van der Waals surface area contributed by atoms with Crippen molar-refractivity contribution >= 4 is 23.2 Å². The highest BCUT2D eigenvalue weighted by atomic mass is 16.5. The number of rotatable bonds is 4. The molecule has 2 aromatic heterocycles. The number of aromatic nitrogens is 3. The summed E-state index contributed by atoms with van der Waals surface area (Å²) in [6.07, 6.45) is 1.54. The van der Waals surface area contributed by atoms with Gasteiger partial charge in [0.25, 0.3) is 0 Å². The number of aryl methyl sites for hydroxylation is 1. The lowest BCUT2D eigenvalue weighted by atomic mass is 10.0. The Hall–Kier alpha value is -3.70. The van der Waals surface area contributed by atoms with Gasteiger partial charge in [-0.1, -0.05) is 17.0 Å². The standard InChI is InChI=1S/C20H20N6O2/c1-12-10-17(26-28-12)20(3,27)8-6-14-4-5-15(13(2)21)16(11-14)24-18-7-9-23-19(22)25-18/h4-5,7,9-11,21,27H,1-3H3,(H3,22,23,24,25). The average Bonchev–Trinajstić information content (AvgIpc) is 3.07. The van der Waals surface area contributed by atoms with Crippen molar-refractivity contribution in [3.63, 3.8) is 0 Å². The molecule has 2 heterocycles. The maximum atomic E-state index is 10.6. The van der Waals surface area contributed by atoms with Crippen LogP contribution in [0, 0.1) is 24.2 Å². The van der Waals surface area contributed by atoms with E-state index in [9.17, 15) is 5.11 Å². The molecule has 0 aliphatic rings. The number of hydrogen-bond acceptors (Lipinski definition) is 8. The van der Waals surface area contributed by atoms with E-state index < -0.39 is 5.60 Å². The predicted molar refractivity (Wildman–Crippen MR) is 106 cm³/mol. The Morgan fingerprint density at radius 3 is 2.75 bits per heavy atom. The highest BCUT2D eigenvalue weighted by molar-refractivity contribution is 6.02. The van der Waals surface area contributed by atoms with Crippen molar-refractivity contribution in [2.24, 2.45) is 0 Å². The van der Waals surface area contributed by atoms with Crippen LogP contribution in [0.5, 0.6) is 0 Å². The van der Waals surface area contributed by atoms with Gasteiger partial charge < -0.3 is 26.1 Å². The van der Waals surface area contributed by atoms with Crippen LogP contribution in [-0.2, 0) is 5.60 Å². The lowest BCUT2D eigenvalue weighted by Gasteiger charge is -2.13. The van der Waals surface area contributed by atoms with Crippen LogP contribution in [0.1, 0.15) is 36.4 Å². The summed E-state index contributed by atoms with van der Waals surface area (Å²) >= 11 is 0. The average molecular weight is 376 g/mol. The van der Waals surface area contributed by atoms with E-state index in [-0.39, 0.29) is 5.95 Å². The Labute approximate surface area is 162 Å². The number of nitrogen functional groups attached to an aromatic ring is 1. The van der Waals surface area contributed by atoms with Gasteiger partial charge >= 0.3 is 0 Å². The summed E-state index contributed by atoms with van der Waals surface area (Å²) in [6, 6.07) is 8.67. The molecule has 0 saturated carbocycles. The second-order valence-electron chi connectivity index (χ2n) is 6.46. The number of nitrogens with one attached hydrogen (secondary N) is 2. The number of benzene rings is 1. The number of hydrogen-bond donors (Lipinski definition) is 4. The summed E-state index contributed by atoms with van der Waals surface area (Å²) in [5.74, 6) is 7.00. The van der Waals surface area contributed by atoms with E-state index in [1.54, 1.807) is 57.3 Å². The Morgan fingerprint density at radius 1 is 1.32 bits per heavy atom. The van der Waals surface area contributed by atoms with E-state index in [2.05, 4.69) is 32.3 Å². The molecule has 0 aliphatic carbocycles. The first-order valence-electron chi connectivity index (χ1n) is 8.49. The predicted octanol–water partition coefficient (Wildman–Crippen LogP) is 2.75. The number of aliphatic hydroxyl groups is 1. The molecule has 0 aliphatic heterocycles. The second kappa shape index (κ2) is 7.50. The van der Waals surface area contributed by atoms with Crippen LogP contribution in [0.25, 0.3) is 0 Å². The molecule has 3 rings (SSSR count). The molecule has 0 bridgehead atoms. The molecule has 3 aromatic rings. The molecule has 1 aromatic carbocycles. The lowest BCUT2D eigenvalue weighted by Crippen LogP contribution is -2.18. The van der Waals surface area contributed by atoms with Crippen LogP contribution in [-0.4, -0.2) is 25.9 Å². The van der Waals surface area contributed by atoms with Crippen molar-refractivity contribution in [2.75, 3.05) is 11.1 Å². The van der Waals surface area contributed by atoms with Crippen LogP contribution < -0.4 is 11.1 Å². The quantitative estimate of drug-likeness (QED) is 0.406. The van der Waals surface area contributed by atoms with Crippen molar-refractivity contribution in [1.82, 2.24) is 15.1 Å². The zero-order valence-electron chi connectivity index (χ0n) is 15.7. The summed E-state index contributed by atoms with van der Waals surface area (Å²) in [5.41, 5.74) is 6.89. The minimum atomic E-state index is -1.46. The van der Waals surface area contributed by atoms with Crippen LogP contribution in [0.3, 0.4) is 0 Å². The molecule has 0 radical (unpaired) electrons. The zero-order chi connectivity index (χ0) is 20.3. The molecule has 0 amide bonds. The van der Waals surface area contributed by atoms with Crippen molar-refractivity contribution in [2.45, 2.75) is 26.4 Å². The maximum Gasteiger partial charge on any atom is 0.221 e.